The molecule has 0 spiro atoms. The molecule has 7 heteroatoms. The van der Waals surface area contributed by atoms with Crippen LogP contribution in [0.4, 0.5) is 0 Å². The van der Waals surface area contributed by atoms with Crippen LogP contribution in [0.15, 0.2) is 223 Å². The van der Waals surface area contributed by atoms with Crippen molar-refractivity contribution in [1.82, 2.24) is 29.1 Å². The van der Waals surface area contributed by atoms with Gasteiger partial charge in [0.1, 0.15) is 5.52 Å². The Balaban J connectivity index is 1.11. The van der Waals surface area contributed by atoms with Gasteiger partial charge in [-0.15, -0.1) is 0 Å². The van der Waals surface area contributed by atoms with Crippen LogP contribution in [0.5, 0.6) is 0 Å². The number of fused-ring (bicyclic) bond motifs is 8. The Morgan fingerprint density at radius 1 is 0.338 bits per heavy atom. The van der Waals surface area contributed by atoms with Gasteiger partial charge in [0.25, 0.3) is 0 Å². The van der Waals surface area contributed by atoms with Gasteiger partial charge in [-0.2, -0.15) is 0 Å². The molecule has 0 saturated carbocycles. The Kier molecular flexibility index (Phi) is 8.39. The second kappa shape index (κ2) is 14.9. The van der Waals surface area contributed by atoms with Crippen molar-refractivity contribution in [2.24, 2.45) is 0 Å². The summed E-state index contributed by atoms with van der Waals surface area (Å²) in [4.78, 5) is 20.2. The van der Waals surface area contributed by atoms with Crippen LogP contribution in [0.3, 0.4) is 0 Å². The largest absolute Gasteiger partial charge is 0.435 e. The first kappa shape index (κ1) is 36.7. The molecule has 0 aliphatic carbocycles. The molecule has 9 aromatic carbocycles. The molecule has 0 atom stereocenters. The summed E-state index contributed by atoms with van der Waals surface area (Å²) in [7, 11) is 0. The zero-order chi connectivity index (χ0) is 42.8. The minimum atomic E-state index is 0.585. The van der Waals surface area contributed by atoms with E-state index in [4.69, 9.17) is 24.4 Å². The lowest BCUT2D eigenvalue weighted by Crippen LogP contribution is -2.02. The van der Waals surface area contributed by atoms with Gasteiger partial charge in [0.05, 0.1) is 33.1 Å². The van der Waals surface area contributed by atoms with E-state index in [-0.39, 0.29) is 0 Å². The van der Waals surface area contributed by atoms with E-state index in [9.17, 15) is 0 Å². The van der Waals surface area contributed by atoms with E-state index in [0.29, 0.717) is 23.4 Å². The number of nitrogens with zero attached hydrogens (tertiary/aromatic N) is 6. The third-order valence-electron chi connectivity index (χ3n) is 12.4. The topological polar surface area (TPSA) is 74.6 Å². The molecule has 65 heavy (non-hydrogen) atoms. The molecular weight excluding hydrogens is 797 g/mol. The molecule has 4 heterocycles. The van der Waals surface area contributed by atoms with Crippen molar-refractivity contribution in [3.63, 3.8) is 0 Å². The van der Waals surface area contributed by atoms with Crippen molar-refractivity contribution in [3.05, 3.63) is 218 Å². The van der Waals surface area contributed by atoms with Crippen LogP contribution in [0, 0.1) is 0 Å². The van der Waals surface area contributed by atoms with E-state index in [1.54, 1.807) is 0 Å². The monoisotopic (exact) mass is 832 g/mol. The molecule has 0 saturated heterocycles. The molecule has 0 amide bonds. The molecule has 0 aliphatic rings. The lowest BCUT2D eigenvalue weighted by Gasteiger charge is -2.15. The highest BCUT2D eigenvalue weighted by Gasteiger charge is 2.24. The van der Waals surface area contributed by atoms with Crippen molar-refractivity contribution in [2.75, 3.05) is 0 Å². The molecule has 0 bridgehead atoms. The molecule has 13 aromatic rings. The van der Waals surface area contributed by atoms with Crippen molar-refractivity contribution >= 4 is 54.7 Å². The summed E-state index contributed by atoms with van der Waals surface area (Å²) in [5, 5.41) is 4.41. The molecule has 0 N–H and O–H groups in total. The Labute approximate surface area is 373 Å². The number of hydrogen-bond acceptors (Lipinski definition) is 5. The summed E-state index contributed by atoms with van der Waals surface area (Å²) in [6.45, 7) is 0. The van der Waals surface area contributed by atoms with Gasteiger partial charge in [-0.3, -0.25) is 0 Å². The maximum Gasteiger partial charge on any atom is 0.227 e. The van der Waals surface area contributed by atoms with Crippen LogP contribution in [-0.2, 0) is 0 Å². The van der Waals surface area contributed by atoms with Gasteiger partial charge in [0.15, 0.2) is 23.1 Å². The van der Waals surface area contributed by atoms with Gasteiger partial charge >= 0.3 is 0 Å². The third-order valence-corrected chi connectivity index (χ3v) is 12.4. The van der Waals surface area contributed by atoms with Gasteiger partial charge in [0, 0.05) is 44.1 Å². The summed E-state index contributed by atoms with van der Waals surface area (Å²) in [6, 6.07) is 75.8. The van der Waals surface area contributed by atoms with E-state index in [1.165, 1.54) is 16.3 Å². The molecule has 4 aromatic heterocycles. The van der Waals surface area contributed by atoms with E-state index >= 15 is 0 Å². The smallest absolute Gasteiger partial charge is 0.227 e. The van der Waals surface area contributed by atoms with Crippen molar-refractivity contribution < 1.29 is 4.42 Å². The first-order chi connectivity index (χ1) is 32.2. The predicted octanol–water partition coefficient (Wildman–Crippen LogP) is 14.5. The maximum absolute atomic E-state index is 6.81. The predicted molar refractivity (Wildman–Crippen MR) is 263 cm³/mol. The Morgan fingerprint density at radius 3 is 1.62 bits per heavy atom. The molecule has 0 unspecified atom stereocenters. The number of rotatable bonds is 7. The van der Waals surface area contributed by atoms with Crippen LogP contribution in [0.25, 0.3) is 123 Å². The van der Waals surface area contributed by atoms with Gasteiger partial charge < -0.3 is 13.6 Å². The van der Waals surface area contributed by atoms with Crippen LogP contribution in [0.1, 0.15) is 0 Å². The van der Waals surface area contributed by atoms with Crippen LogP contribution in [-0.4, -0.2) is 29.1 Å². The number of hydrogen-bond donors (Lipinski definition) is 0. The number of oxazole rings is 1. The fourth-order valence-corrected chi connectivity index (χ4v) is 9.43. The minimum Gasteiger partial charge on any atom is -0.435 e. The second-order valence-corrected chi connectivity index (χ2v) is 16.2. The first-order valence-corrected chi connectivity index (χ1v) is 21.7. The number of benzene rings is 9. The summed E-state index contributed by atoms with van der Waals surface area (Å²) in [5.74, 6) is 2.40. The molecule has 13 rings (SSSR count). The summed E-state index contributed by atoms with van der Waals surface area (Å²) >= 11 is 0. The highest BCUT2D eigenvalue weighted by molar-refractivity contribution is 6.21. The fraction of sp³-hybridized carbons (Fsp3) is 0. The molecular formula is C58H36N6O. The standard InChI is InChI=1S/C58H36N6O/c1-5-17-37(18-6-1)41-31-32-45-44-27-13-14-29-48(44)64(51(45)36-41)50-30-16-28-46-52-49(34-33-47-54(52)65-58(59-47)40-23-11-4-12-24-40)63(53(46)50)43-26-15-25-42(35-43)57-61-55(38-19-7-2-8-20-38)60-56(62-57)39-21-9-3-10-22-39/h1-36H. The highest BCUT2D eigenvalue weighted by atomic mass is 16.3. The molecule has 304 valence electrons. The van der Waals surface area contributed by atoms with Crippen LogP contribution >= 0.6 is 0 Å². The molecule has 7 nitrogen and oxygen atoms in total. The van der Waals surface area contributed by atoms with E-state index in [0.717, 1.165) is 83.1 Å². The Morgan fingerprint density at radius 2 is 0.908 bits per heavy atom. The average molecular weight is 833 g/mol. The van der Waals surface area contributed by atoms with Gasteiger partial charge in [-0.25, -0.2) is 19.9 Å². The van der Waals surface area contributed by atoms with E-state index in [1.807, 2.05) is 91.0 Å². The molecule has 0 radical (unpaired) electrons. The average Bonchev–Trinajstić information content (AvgIpc) is 4.08. The SMILES string of the molecule is c1ccc(-c2ccc3c4ccccc4n(-c4cccc5c6c7oc(-c8ccccc8)nc7ccc6n(-c6cccc(-c7nc(-c8ccccc8)nc(-c8ccccc8)n7)c6)c45)c3c2)cc1. The first-order valence-electron chi connectivity index (χ1n) is 21.7. The second-order valence-electron chi connectivity index (χ2n) is 16.2. The third kappa shape index (κ3) is 6.05. The molecule has 0 fully saturated rings. The summed E-state index contributed by atoms with van der Waals surface area (Å²) in [6.07, 6.45) is 0. The van der Waals surface area contributed by atoms with E-state index < -0.39 is 0 Å². The van der Waals surface area contributed by atoms with E-state index in [2.05, 4.69) is 137 Å². The van der Waals surface area contributed by atoms with Crippen molar-refractivity contribution in [3.8, 4) is 68.1 Å². The zero-order valence-corrected chi connectivity index (χ0v) is 34.9. The molecule has 0 aliphatic heterocycles. The lowest BCUT2D eigenvalue weighted by molar-refractivity contribution is 0.623. The van der Waals surface area contributed by atoms with Gasteiger partial charge in [-0.1, -0.05) is 164 Å². The van der Waals surface area contributed by atoms with Crippen molar-refractivity contribution in [1.29, 1.82) is 0 Å². The van der Waals surface area contributed by atoms with Gasteiger partial charge in [-0.05, 0) is 65.7 Å². The van der Waals surface area contributed by atoms with Crippen LogP contribution in [0.2, 0.25) is 0 Å². The minimum absolute atomic E-state index is 0.585. The number of para-hydroxylation sites is 2. The highest BCUT2D eigenvalue weighted by Crippen LogP contribution is 2.43. The Hall–Kier alpha value is -8.94. The Bertz CT molecular complexity index is 3870. The lowest BCUT2D eigenvalue weighted by atomic mass is 10.0. The van der Waals surface area contributed by atoms with Crippen molar-refractivity contribution in [2.45, 2.75) is 0 Å². The fourth-order valence-electron chi connectivity index (χ4n) is 9.43. The van der Waals surface area contributed by atoms with Crippen LogP contribution < -0.4 is 0 Å². The summed E-state index contributed by atoms with van der Waals surface area (Å²) < 4.78 is 11.6. The van der Waals surface area contributed by atoms with Gasteiger partial charge in [0.2, 0.25) is 5.89 Å². The maximum atomic E-state index is 6.81. The zero-order valence-electron chi connectivity index (χ0n) is 34.9. The quantitative estimate of drug-likeness (QED) is 0.160. The summed E-state index contributed by atoms with van der Waals surface area (Å²) in [5.41, 5.74) is 13.7. The normalized spacial score (nSPS) is 11.7. The number of aromatic nitrogens is 6.